The smallest absolute Gasteiger partial charge is 0.257 e. The van der Waals surface area contributed by atoms with Crippen LogP contribution < -0.4 is 19.5 Å². The molecule has 0 spiro atoms. The Kier molecular flexibility index (Phi) is 5.61. The van der Waals surface area contributed by atoms with E-state index in [1.54, 1.807) is 23.8 Å². The summed E-state index contributed by atoms with van der Waals surface area (Å²) in [6.45, 7) is 0.119. The maximum absolute atomic E-state index is 12.6. The predicted octanol–water partition coefficient (Wildman–Crippen LogP) is 2.14. The number of fused-ring (bicyclic) bond motifs is 1. The lowest BCUT2D eigenvalue weighted by molar-refractivity contribution is 0.0945. The lowest BCUT2D eigenvalue weighted by Gasteiger charge is -2.09. The van der Waals surface area contributed by atoms with Crippen LogP contribution in [0.15, 0.2) is 48.5 Å². The molecule has 31 heavy (non-hydrogen) atoms. The number of carbonyl (C=O) groups is 1. The van der Waals surface area contributed by atoms with E-state index in [-0.39, 0.29) is 23.9 Å². The highest BCUT2D eigenvalue weighted by molar-refractivity contribution is 5.96. The highest BCUT2D eigenvalue weighted by atomic mass is 16.5. The minimum Gasteiger partial charge on any atom is -0.497 e. The summed E-state index contributed by atoms with van der Waals surface area (Å²) >= 11 is 0. The van der Waals surface area contributed by atoms with E-state index in [0.717, 1.165) is 17.0 Å². The molecule has 0 bridgehead atoms. The summed E-state index contributed by atoms with van der Waals surface area (Å²) in [4.78, 5) is 16.8. The van der Waals surface area contributed by atoms with Gasteiger partial charge in [0, 0.05) is 11.6 Å². The number of amides is 1. The fraction of sp³-hybridized carbons (Fsp3) is 0.190. The van der Waals surface area contributed by atoms with Crippen molar-refractivity contribution in [1.82, 2.24) is 30.1 Å². The molecule has 0 radical (unpaired) electrons. The van der Waals surface area contributed by atoms with Gasteiger partial charge < -0.3 is 19.5 Å². The Balaban J connectivity index is 1.55. The second kappa shape index (κ2) is 8.66. The quantitative estimate of drug-likeness (QED) is 0.484. The SMILES string of the molecule is COc1ccc(-c2ccc3nnc(CNC(=O)c4ccc(OC)nc4OC)n3n2)cc1. The van der Waals surface area contributed by atoms with Crippen molar-refractivity contribution >= 4 is 11.6 Å². The number of benzene rings is 1. The van der Waals surface area contributed by atoms with Gasteiger partial charge in [0.15, 0.2) is 11.5 Å². The van der Waals surface area contributed by atoms with Crippen LogP contribution in [0.5, 0.6) is 17.5 Å². The number of rotatable bonds is 7. The molecular weight excluding hydrogens is 400 g/mol. The Morgan fingerprint density at radius 2 is 1.74 bits per heavy atom. The van der Waals surface area contributed by atoms with Crippen LogP contribution >= 0.6 is 0 Å². The second-order valence-electron chi connectivity index (χ2n) is 6.43. The van der Waals surface area contributed by atoms with Crippen LogP contribution in [0.4, 0.5) is 0 Å². The minimum atomic E-state index is -0.366. The first kappa shape index (κ1) is 20.1. The molecule has 10 nitrogen and oxygen atoms in total. The van der Waals surface area contributed by atoms with Crippen LogP contribution in [0.2, 0.25) is 0 Å². The minimum absolute atomic E-state index is 0.119. The van der Waals surface area contributed by atoms with Gasteiger partial charge in [-0.25, -0.2) is 0 Å². The molecule has 0 atom stereocenters. The highest BCUT2D eigenvalue weighted by Crippen LogP contribution is 2.21. The molecule has 1 N–H and O–H groups in total. The lowest BCUT2D eigenvalue weighted by Crippen LogP contribution is -2.25. The monoisotopic (exact) mass is 420 g/mol. The van der Waals surface area contributed by atoms with Gasteiger partial charge in [0.2, 0.25) is 11.8 Å². The van der Waals surface area contributed by atoms with Gasteiger partial charge in [-0.05, 0) is 42.5 Å². The van der Waals surface area contributed by atoms with Gasteiger partial charge in [-0.15, -0.1) is 10.2 Å². The average Bonchev–Trinajstić information content (AvgIpc) is 3.24. The van der Waals surface area contributed by atoms with Crippen LogP contribution in [0, 0.1) is 0 Å². The lowest BCUT2D eigenvalue weighted by atomic mass is 10.1. The normalized spacial score (nSPS) is 10.7. The molecule has 0 fully saturated rings. The molecule has 10 heteroatoms. The summed E-state index contributed by atoms with van der Waals surface area (Å²) < 4.78 is 17.0. The fourth-order valence-corrected chi connectivity index (χ4v) is 2.98. The molecule has 158 valence electrons. The van der Waals surface area contributed by atoms with Crippen molar-refractivity contribution in [3.8, 4) is 28.8 Å². The number of carbonyl (C=O) groups excluding carboxylic acids is 1. The Hall–Kier alpha value is -4.21. The van der Waals surface area contributed by atoms with Crippen molar-refractivity contribution in [1.29, 1.82) is 0 Å². The number of methoxy groups -OCH3 is 3. The molecule has 4 rings (SSSR count). The van der Waals surface area contributed by atoms with Gasteiger partial charge in [-0.2, -0.15) is 14.6 Å². The van der Waals surface area contributed by atoms with Crippen LogP contribution in [0.3, 0.4) is 0 Å². The number of nitrogens with one attached hydrogen (secondary N) is 1. The number of aromatic nitrogens is 5. The van der Waals surface area contributed by atoms with Crippen LogP contribution in [0.1, 0.15) is 16.2 Å². The Morgan fingerprint density at radius 3 is 2.45 bits per heavy atom. The van der Waals surface area contributed by atoms with Crippen molar-refractivity contribution < 1.29 is 19.0 Å². The van der Waals surface area contributed by atoms with Crippen molar-refractivity contribution in [2.24, 2.45) is 0 Å². The zero-order chi connectivity index (χ0) is 21.8. The number of nitrogens with zero attached hydrogens (tertiary/aromatic N) is 5. The summed E-state index contributed by atoms with van der Waals surface area (Å²) in [5.74, 6) is 1.41. The van der Waals surface area contributed by atoms with E-state index in [1.807, 2.05) is 36.4 Å². The van der Waals surface area contributed by atoms with E-state index in [2.05, 4.69) is 25.6 Å². The van der Waals surface area contributed by atoms with Crippen molar-refractivity contribution in [3.63, 3.8) is 0 Å². The standard InChI is InChI=1S/C21H20N6O4/c1-29-14-6-4-13(5-7-14)16-9-10-17-24-25-18(27(17)26-16)12-22-20(28)15-8-11-19(30-2)23-21(15)31-3/h4-11H,12H2,1-3H3,(H,22,28). The molecule has 3 heterocycles. The largest absolute Gasteiger partial charge is 0.497 e. The van der Waals surface area contributed by atoms with Crippen molar-refractivity contribution in [3.05, 3.63) is 59.9 Å². The molecule has 0 saturated carbocycles. The number of hydrogen-bond acceptors (Lipinski definition) is 8. The first-order valence-corrected chi connectivity index (χ1v) is 9.36. The van der Waals surface area contributed by atoms with E-state index >= 15 is 0 Å². The van der Waals surface area contributed by atoms with E-state index < -0.39 is 0 Å². The third kappa shape index (κ3) is 4.08. The van der Waals surface area contributed by atoms with Crippen LogP contribution in [0.25, 0.3) is 16.9 Å². The summed E-state index contributed by atoms with van der Waals surface area (Å²) in [5.41, 5.74) is 2.51. The predicted molar refractivity (Wildman–Crippen MR) is 111 cm³/mol. The molecule has 0 aliphatic heterocycles. The Morgan fingerprint density at radius 1 is 0.935 bits per heavy atom. The molecule has 1 aromatic carbocycles. The van der Waals surface area contributed by atoms with E-state index in [0.29, 0.717) is 17.4 Å². The molecule has 0 aliphatic rings. The molecular formula is C21H20N6O4. The molecule has 0 saturated heterocycles. The zero-order valence-corrected chi connectivity index (χ0v) is 17.2. The maximum Gasteiger partial charge on any atom is 0.257 e. The van der Waals surface area contributed by atoms with Gasteiger partial charge in [0.1, 0.15) is 11.3 Å². The summed E-state index contributed by atoms with van der Waals surface area (Å²) in [6, 6.07) is 14.4. The first-order valence-electron chi connectivity index (χ1n) is 9.36. The van der Waals surface area contributed by atoms with Gasteiger partial charge in [-0.1, -0.05) is 0 Å². The topological polar surface area (TPSA) is 113 Å². The second-order valence-corrected chi connectivity index (χ2v) is 6.43. The van der Waals surface area contributed by atoms with Crippen molar-refractivity contribution in [2.45, 2.75) is 6.54 Å². The third-order valence-electron chi connectivity index (χ3n) is 4.60. The Labute approximate surface area is 177 Å². The molecule has 0 unspecified atom stereocenters. The van der Waals surface area contributed by atoms with Gasteiger partial charge in [0.25, 0.3) is 5.91 Å². The van der Waals surface area contributed by atoms with E-state index in [4.69, 9.17) is 14.2 Å². The fourth-order valence-electron chi connectivity index (χ4n) is 2.98. The van der Waals surface area contributed by atoms with E-state index in [1.165, 1.54) is 14.2 Å². The first-order chi connectivity index (χ1) is 15.1. The van der Waals surface area contributed by atoms with Crippen LogP contribution in [-0.4, -0.2) is 52.0 Å². The summed E-state index contributed by atoms with van der Waals surface area (Å²) in [5, 5.41) is 15.7. The van der Waals surface area contributed by atoms with E-state index in [9.17, 15) is 4.79 Å². The van der Waals surface area contributed by atoms with Gasteiger partial charge in [-0.3, -0.25) is 4.79 Å². The Bertz CT molecular complexity index is 1220. The number of pyridine rings is 1. The molecule has 1 amide bonds. The maximum atomic E-state index is 12.6. The summed E-state index contributed by atoms with van der Waals surface area (Å²) in [7, 11) is 4.55. The van der Waals surface area contributed by atoms with Gasteiger partial charge in [0.05, 0.1) is 33.6 Å². The average molecular weight is 420 g/mol. The zero-order valence-electron chi connectivity index (χ0n) is 17.2. The summed E-state index contributed by atoms with van der Waals surface area (Å²) in [6.07, 6.45) is 0. The van der Waals surface area contributed by atoms with Crippen molar-refractivity contribution in [2.75, 3.05) is 21.3 Å². The highest BCUT2D eigenvalue weighted by Gasteiger charge is 2.16. The number of hydrogen-bond donors (Lipinski definition) is 1. The molecule has 3 aromatic heterocycles. The third-order valence-corrected chi connectivity index (χ3v) is 4.60. The molecule has 4 aromatic rings. The van der Waals surface area contributed by atoms with Gasteiger partial charge >= 0.3 is 0 Å². The number of ether oxygens (including phenoxy) is 3. The molecule has 0 aliphatic carbocycles. The van der Waals surface area contributed by atoms with Crippen LogP contribution in [-0.2, 0) is 6.54 Å².